The smallest absolute Gasteiger partial charge is 0.379 e. The van der Waals surface area contributed by atoms with E-state index in [1.54, 1.807) is 30.3 Å². The number of aliphatic hydroxyl groups is 2. The number of rotatable bonds is 11. The minimum Gasteiger partial charge on any atom is -0.392 e. The second kappa shape index (κ2) is 11.8. The minimum absolute atomic E-state index is 0.00453. The molecule has 9 nitrogen and oxygen atoms in total. The molecule has 0 heterocycles. The van der Waals surface area contributed by atoms with Gasteiger partial charge in [0.25, 0.3) is 0 Å². The maximum Gasteiger partial charge on any atom is 0.379 e. The molecule has 174 valence electrons. The summed E-state index contributed by atoms with van der Waals surface area (Å²) >= 11 is 0. The zero-order valence-electron chi connectivity index (χ0n) is 18.1. The summed E-state index contributed by atoms with van der Waals surface area (Å²) in [5.74, 6) is -0.0446. The third kappa shape index (κ3) is 7.20. The highest BCUT2D eigenvalue weighted by Gasteiger charge is 2.31. The Morgan fingerprint density at radius 2 is 1.72 bits per heavy atom. The summed E-state index contributed by atoms with van der Waals surface area (Å²) in [6, 6.07) is 12.9. The first-order chi connectivity index (χ1) is 15.2. The number of nitroso groups, excluding NO2 is 1. The van der Waals surface area contributed by atoms with Crippen molar-refractivity contribution in [2.75, 3.05) is 13.1 Å². The molecule has 2 aromatic carbocycles. The molecule has 10 heteroatoms. The number of carbonyl (C=O) groups is 1. The number of carbonyl (C=O) groups excluding carboxylic acids is 1. The van der Waals surface area contributed by atoms with Crippen molar-refractivity contribution in [2.24, 2.45) is 11.1 Å². The molecule has 0 fully saturated rings. The highest BCUT2D eigenvalue weighted by Crippen LogP contribution is 2.20. The van der Waals surface area contributed by atoms with Crippen LogP contribution in [0.5, 0.6) is 0 Å². The summed E-state index contributed by atoms with van der Waals surface area (Å²) in [7, 11) is -4.00. The molecule has 0 saturated carbocycles. The highest BCUT2D eigenvalue weighted by molar-refractivity contribution is 7.89. The molecule has 2 amide bonds. The second-order valence-corrected chi connectivity index (χ2v) is 9.86. The van der Waals surface area contributed by atoms with Crippen molar-refractivity contribution in [3.05, 3.63) is 70.6 Å². The first-order valence-electron chi connectivity index (χ1n) is 10.2. The Kier molecular flexibility index (Phi) is 9.45. The Labute approximate surface area is 188 Å². The van der Waals surface area contributed by atoms with Gasteiger partial charge in [0.2, 0.25) is 10.0 Å². The summed E-state index contributed by atoms with van der Waals surface area (Å²) in [5.41, 5.74) is 1.24. The van der Waals surface area contributed by atoms with E-state index in [1.165, 1.54) is 18.2 Å². The fraction of sp³-hybridized carbons (Fsp3) is 0.409. The number of sulfonamides is 1. The van der Waals surface area contributed by atoms with Crippen molar-refractivity contribution >= 4 is 16.1 Å². The Hall–Kier alpha value is -2.66. The van der Waals surface area contributed by atoms with Crippen LogP contribution in [0.2, 0.25) is 0 Å². The molecule has 2 rings (SSSR count). The molecule has 0 radical (unpaired) electrons. The van der Waals surface area contributed by atoms with E-state index in [0.29, 0.717) is 5.56 Å². The van der Waals surface area contributed by atoms with Gasteiger partial charge < -0.3 is 15.5 Å². The molecule has 2 aromatic rings. The lowest BCUT2D eigenvalue weighted by Gasteiger charge is -2.30. The Bertz CT molecular complexity index is 998. The molecule has 0 aliphatic heterocycles. The Morgan fingerprint density at radius 3 is 2.31 bits per heavy atom. The zero-order chi connectivity index (χ0) is 23.7. The lowest BCUT2D eigenvalue weighted by molar-refractivity contribution is 0.105. The Balaban J connectivity index is 2.32. The van der Waals surface area contributed by atoms with Crippen LogP contribution in [0, 0.1) is 10.8 Å². The predicted octanol–water partition coefficient (Wildman–Crippen LogP) is 2.27. The summed E-state index contributed by atoms with van der Waals surface area (Å²) in [4.78, 5) is 22.2. The molecule has 0 bridgehead atoms. The van der Waals surface area contributed by atoms with Crippen LogP contribution in [-0.4, -0.2) is 54.2 Å². The lowest BCUT2D eigenvalue weighted by atomic mass is 10.0. The number of hydrogen-bond donors (Lipinski definition) is 3. The van der Waals surface area contributed by atoms with Crippen LogP contribution in [-0.2, 0) is 23.1 Å². The van der Waals surface area contributed by atoms with E-state index in [9.17, 15) is 28.3 Å². The molecule has 0 unspecified atom stereocenters. The fourth-order valence-corrected chi connectivity index (χ4v) is 5.00. The summed E-state index contributed by atoms with van der Waals surface area (Å²) in [6.07, 6.45) is -1.13. The van der Waals surface area contributed by atoms with Gasteiger partial charge in [0.05, 0.1) is 23.6 Å². The van der Waals surface area contributed by atoms with Crippen molar-refractivity contribution < 1.29 is 23.4 Å². The van der Waals surface area contributed by atoms with Crippen LogP contribution in [0.25, 0.3) is 0 Å². The molecule has 3 N–H and O–H groups in total. The third-order valence-electron chi connectivity index (χ3n) is 4.83. The van der Waals surface area contributed by atoms with Gasteiger partial charge in [-0.15, -0.1) is 4.91 Å². The third-order valence-corrected chi connectivity index (χ3v) is 6.66. The first-order valence-corrected chi connectivity index (χ1v) is 11.7. The lowest BCUT2D eigenvalue weighted by Crippen LogP contribution is -2.50. The van der Waals surface area contributed by atoms with Crippen molar-refractivity contribution in [3.63, 3.8) is 0 Å². The quantitative estimate of drug-likeness (QED) is 0.437. The number of amides is 2. The van der Waals surface area contributed by atoms with Gasteiger partial charge in [-0.3, -0.25) is 0 Å². The molecule has 0 aliphatic carbocycles. The number of urea groups is 1. The van der Waals surface area contributed by atoms with Crippen molar-refractivity contribution in [3.8, 4) is 0 Å². The molecular weight excluding hydrogens is 434 g/mol. The number of aliphatic hydroxyl groups excluding tert-OH is 2. The average Bonchev–Trinajstić information content (AvgIpc) is 2.78. The number of hydrogen-bond acceptors (Lipinski definition) is 6. The van der Waals surface area contributed by atoms with E-state index >= 15 is 0 Å². The molecule has 32 heavy (non-hydrogen) atoms. The van der Waals surface area contributed by atoms with E-state index in [4.69, 9.17) is 0 Å². The topological polar surface area (TPSA) is 136 Å². The molecule has 0 spiro atoms. The summed E-state index contributed by atoms with van der Waals surface area (Å²) < 4.78 is 27.8. The SMILES string of the molecule is CC(C)CN(C[C@@H](O)[C@H](Cc1ccccc1)NC(=O)N=O)S(=O)(=O)c1cccc(CO)c1. The second-order valence-electron chi connectivity index (χ2n) is 7.93. The normalized spacial score (nSPS) is 13.7. The molecule has 0 aliphatic rings. The molecular formula is C22H29N3O6S. The standard InChI is InChI=1S/C22H29N3O6S/c1-16(2)13-25(32(30,31)19-10-6-9-18(11-19)15-26)14-21(27)20(23-22(28)24-29)12-17-7-4-3-5-8-17/h3-11,16,20-21,26-27H,12-15H2,1-2H3,(H,23,28)/t20-,21+/m0/s1. The van der Waals surface area contributed by atoms with Gasteiger partial charge in [-0.1, -0.05) is 56.3 Å². The molecule has 2 atom stereocenters. The number of benzene rings is 2. The highest BCUT2D eigenvalue weighted by atomic mass is 32.2. The van der Waals surface area contributed by atoms with Crippen LogP contribution < -0.4 is 5.32 Å². The van der Waals surface area contributed by atoms with E-state index in [-0.39, 0.29) is 36.9 Å². The van der Waals surface area contributed by atoms with Crippen LogP contribution >= 0.6 is 0 Å². The van der Waals surface area contributed by atoms with Crippen LogP contribution in [0.4, 0.5) is 4.79 Å². The largest absolute Gasteiger partial charge is 0.392 e. The molecule has 0 saturated heterocycles. The predicted molar refractivity (Wildman–Crippen MR) is 120 cm³/mol. The zero-order valence-corrected chi connectivity index (χ0v) is 18.9. The van der Waals surface area contributed by atoms with Crippen molar-refractivity contribution in [1.82, 2.24) is 9.62 Å². The van der Waals surface area contributed by atoms with E-state index < -0.39 is 28.2 Å². The van der Waals surface area contributed by atoms with Crippen LogP contribution in [0.1, 0.15) is 25.0 Å². The summed E-state index contributed by atoms with van der Waals surface area (Å²) in [6.45, 7) is 3.21. The summed E-state index contributed by atoms with van der Waals surface area (Å²) in [5, 5.41) is 24.9. The van der Waals surface area contributed by atoms with E-state index in [1.807, 2.05) is 19.9 Å². The van der Waals surface area contributed by atoms with Gasteiger partial charge in [-0.05, 0) is 35.6 Å². The van der Waals surface area contributed by atoms with Gasteiger partial charge in [0, 0.05) is 18.3 Å². The maximum absolute atomic E-state index is 13.3. The van der Waals surface area contributed by atoms with Crippen molar-refractivity contribution in [2.45, 2.75) is 43.9 Å². The fourth-order valence-electron chi connectivity index (χ4n) is 3.30. The van der Waals surface area contributed by atoms with Crippen LogP contribution in [0.15, 0.2) is 64.7 Å². The van der Waals surface area contributed by atoms with Crippen molar-refractivity contribution in [1.29, 1.82) is 0 Å². The van der Waals surface area contributed by atoms with E-state index in [2.05, 4.69) is 10.5 Å². The van der Waals surface area contributed by atoms with Gasteiger partial charge in [-0.2, -0.15) is 4.31 Å². The number of nitrogens with one attached hydrogen (secondary N) is 1. The number of nitrogens with zero attached hydrogens (tertiary/aromatic N) is 2. The van der Waals surface area contributed by atoms with Gasteiger partial charge >= 0.3 is 6.03 Å². The van der Waals surface area contributed by atoms with Crippen LogP contribution in [0.3, 0.4) is 0 Å². The van der Waals surface area contributed by atoms with Gasteiger partial charge in [0.15, 0.2) is 0 Å². The molecule has 0 aromatic heterocycles. The Morgan fingerprint density at radius 1 is 1.06 bits per heavy atom. The van der Waals surface area contributed by atoms with Gasteiger partial charge in [0.1, 0.15) is 0 Å². The average molecular weight is 464 g/mol. The van der Waals surface area contributed by atoms with E-state index in [0.717, 1.165) is 9.87 Å². The monoisotopic (exact) mass is 463 g/mol. The maximum atomic E-state index is 13.3. The first kappa shape index (κ1) is 25.6. The van der Waals surface area contributed by atoms with Gasteiger partial charge in [-0.25, -0.2) is 13.2 Å². The minimum atomic E-state index is -4.00.